The highest BCUT2D eigenvalue weighted by molar-refractivity contribution is 6.32. The van der Waals surface area contributed by atoms with Crippen molar-refractivity contribution in [1.82, 2.24) is 5.43 Å². The molecule has 5 nitrogen and oxygen atoms in total. The van der Waals surface area contributed by atoms with Crippen LogP contribution in [0.5, 0.6) is 11.5 Å². The van der Waals surface area contributed by atoms with E-state index in [1.165, 1.54) is 18.3 Å². The lowest BCUT2D eigenvalue weighted by Crippen LogP contribution is -2.18. The summed E-state index contributed by atoms with van der Waals surface area (Å²) < 4.78 is 49.1. The molecular formula is C20H16ClF3N2O3. The van der Waals surface area contributed by atoms with Crippen molar-refractivity contribution in [3.63, 3.8) is 0 Å². The fraction of sp³-hybridized carbons (Fsp3) is 0.200. The van der Waals surface area contributed by atoms with E-state index < -0.39 is 17.6 Å². The van der Waals surface area contributed by atoms with Crippen LogP contribution in [0.3, 0.4) is 0 Å². The van der Waals surface area contributed by atoms with Crippen molar-refractivity contribution < 1.29 is 27.4 Å². The van der Waals surface area contributed by atoms with Crippen LogP contribution in [-0.2, 0) is 6.18 Å². The molecule has 0 heterocycles. The molecule has 0 atom stereocenters. The molecule has 1 N–H and O–H groups in total. The largest absolute Gasteiger partial charge is 0.490 e. The SMILES string of the molecule is C#CCOc1c(Cl)cc(/C=N\NC(=O)c2cccc(C(F)(F)F)c2)cc1OCC. The summed E-state index contributed by atoms with van der Waals surface area (Å²) in [7, 11) is 0. The van der Waals surface area contributed by atoms with Gasteiger partial charge in [0.05, 0.1) is 23.4 Å². The Bertz CT molecular complexity index is 953. The van der Waals surface area contributed by atoms with Crippen LogP contribution in [0.4, 0.5) is 13.2 Å². The molecule has 152 valence electrons. The third kappa shape index (κ3) is 6.16. The number of hydrogen-bond acceptors (Lipinski definition) is 4. The van der Waals surface area contributed by atoms with Gasteiger partial charge in [-0.1, -0.05) is 23.6 Å². The number of ether oxygens (including phenoxy) is 2. The highest BCUT2D eigenvalue weighted by Gasteiger charge is 2.30. The van der Waals surface area contributed by atoms with Crippen LogP contribution in [0.25, 0.3) is 0 Å². The molecule has 0 saturated heterocycles. The standard InChI is InChI=1S/C20H16ClF3N2O3/c1-3-8-29-18-16(21)9-13(10-17(18)28-4-2)12-25-26-19(27)14-6-5-7-15(11-14)20(22,23)24/h1,5-7,9-12H,4,8H2,2H3,(H,26,27)/b25-12-. The Hall–Kier alpha value is -3.18. The lowest BCUT2D eigenvalue weighted by molar-refractivity contribution is -0.137. The van der Waals surface area contributed by atoms with Gasteiger partial charge in [0.15, 0.2) is 11.5 Å². The van der Waals surface area contributed by atoms with Crippen LogP contribution >= 0.6 is 11.6 Å². The van der Waals surface area contributed by atoms with Gasteiger partial charge in [0, 0.05) is 5.56 Å². The van der Waals surface area contributed by atoms with Crippen molar-refractivity contribution in [2.24, 2.45) is 5.10 Å². The summed E-state index contributed by atoms with van der Waals surface area (Å²) in [5, 5.41) is 3.97. The summed E-state index contributed by atoms with van der Waals surface area (Å²) in [5.74, 6) is 2.14. The smallest absolute Gasteiger partial charge is 0.416 e. The third-order valence-electron chi connectivity index (χ3n) is 3.46. The fourth-order valence-electron chi connectivity index (χ4n) is 2.25. The number of rotatable bonds is 7. The number of alkyl halides is 3. The summed E-state index contributed by atoms with van der Waals surface area (Å²) in [5.41, 5.74) is 1.53. The highest BCUT2D eigenvalue weighted by atomic mass is 35.5. The molecule has 29 heavy (non-hydrogen) atoms. The van der Waals surface area contributed by atoms with Gasteiger partial charge in [-0.15, -0.1) is 6.42 Å². The van der Waals surface area contributed by atoms with E-state index >= 15 is 0 Å². The molecule has 0 saturated carbocycles. The number of nitrogens with zero attached hydrogens (tertiary/aromatic N) is 1. The van der Waals surface area contributed by atoms with Crippen molar-refractivity contribution in [2.45, 2.75) is 13.1 Å². The van der Waals surface area contributed by atoms with Crippen molar-refractivity contribution in [2.75, 3.05) is 13.2 Å². The molecule has 2 aromatic rings. The number of nitrogens with one attached hydrogen (secondary N) is 1. The molecular weight excluding hydrogens is 409 g/mol. The summed E-state index contributed by atoms with van der Waals surface area (Å²) >= 11 is 6.17. The normalized spacial score (nSPS) is 11.2. The lowest BCUT2D eigenvalue weighted by Gasteiger charge is -2.12. The molecule has 0 aliphatic rings. The maximum Gasteiger partial charge on any atom is 0.416 e. The first-order valence-electron chi connectivity index (χ1n) is 8.29. The van der Waals surface area contributed by atoms with E-state index in [0.717, 1.165) is 18.2 Å². The van der Waals surface area contributed by atoms with E-state index in [-0.39, 0.29) is 22.9 Å². The van der Waals surface area contributed by atoms with Gasteiger partial charge in [-0.2, -0.15) is 18.3 Å². The molecule has 0 bridgehead atoms. The molecule has 0 aliphatic heterocycles. The van der Waals surface area contributed by atoms with Gasteiger partial charge in [-0.25, -0.2) is 5.43 Å². The molecule has 0 spiro atoms. The quantitative estimate of drug-likeness (QED) is 0.403. The average molecular weight is 425 g/mol. The number of halogens is 4. The van der Waals surface area contributed by atoms with Gasteiger partial charge >= 0.3 is 6.18 Å². The summed E-state index contributed by atoms with van der Waals surface area (Å²) in [6, 6.07) is 7.09. The Balaban J connectivity index is 2.15. The lowest BCUT2D eigenvalue weighted by atomic mass is 10.1. The molecule has 2 rings (SSSR count). The van der Waals surface area contributed by atoms with Crippen LogP contribution < -0.4 is 14.9 Å². The fourth-order valence-corrected chi connectivity index (χ4v) is 2.52. The van der Waals surface area contributed by atoms with E-state index in [9.17, 15) is 18.0 Å². The molecule has 0 aliphatic carbocycles. The number of carbonyl (C=O) groups is 1. The van der Waals surface area contributed by atoms with E-state index in [1.54, 1.807) is 13.0 Å². The number of carbonyl (C=O) groups excluding carboxylic acids is 1. The van der Waals surface area contributed by atoms with Crippen LogP contribution in [0.15, 0.2) is 41.5 Å². The molecule has 2 aromatic carbocycles. The van der Waals surface area contributed by atoms with Crippen molar-refractivity contribution in [3.8, 4) is 23.8 Å². The van der Waals surface area contributed by atoms with Crippen LogP contribution in [-0.4, -0.2) is 25.3 Å². The van der Waals surface area contributed by atoms with E-state index in [4.69, 9.17) is 27.5 Å². The minimum Gasteiger partial charge on any atom is -0.490 e. The van der Waals surface area contributed by atoms with Gasteiger partial charge < -0.3 is 9.47 Å². The van der Waals surface area contributed by atoms with Gasteiger partial charge in [0.1, 0.15) is 6.61 Å². The molecule has 0 fully saturated rings. The Labute approximate surface area is 170 Å². The van der Waals surface area contributed by atoms with Crippen molar-refractivity contribution >= 4 is 23.7 Å². The van der Waals surface area contributed by atoms with E-state index in [0.29, 0.717) is 17.9 Å². The highest BCUT2D eigenvalue weighted by Crippen LogP contribution is 2.36. The number of amides is 1. The first kappa shape index (κ1) is 22.1. The number of terminal acetylenes is 1. The zero-order valence-electron chi connectivity index (χ0n) is 15.2. The van der Waals surface area contributed by atoms with Crippen LogP contribution in [0.2, 0.25) is 5.02 Å². The first-order chi connectivity index (χ1) is 13.8. The monoisotopic (exact) mass is 424 g/mol. The zero-order chi connectivity index (χ0) is 21.4. The van der Waals surface area contributed by atoms with E-state index in [2.05, 4.69) is 16.4 Å². The van der Waals surface area contributed by atoms with Gasteiger partial charge in [-0.05, 0) is 42.8 Å². The molecule has 1 amide bonds. The topological polar surface area (TPSA) is 59.9 Å². The number of hydrogen-bond donors (Lipinski definition) is 1. The van der Waals surface area contributed by atoms with E-state index in [1.807, 2.05) is 0 Å². The second-order valence-corrected chi connectivity index (χ2v) is 5.94. The summed E-state index contributed by atoms with van der Waals surface area (Å²) in [4.78, 5) is 12.0. The third-order valence-corrected chi connectivity index (χ3v) is 3.74. The Morgan fingerprint density at radius 3 is 2.72 bits per heavy atom. The van der Waals surface area contributed by atoms with Gasteiger partial charge in [-0.3, -0.25) is 4.79 Å². The number of benzene rings is 2. The Morgan fingerprint density at radius 1 is 1.31 bits per heavy atom. The minimum absolute atomic E-state index is 0.000275. The van der Waals surface area contributed by atoms with Crippen molar-refractivity contribution in [3.05, 3.63) is 58.1 Å². The molecule has 0 radical (unpaired) electrons. The van der Waals surface area contributed by atoms with Gasteiger partial charge in [0.25, 0.3) is 5.91 Å². The zero-order valence-corrected chi connectivity index (χ0v) is 16.0. The Morgan fingerprint density at radius 2 is 2.07 bits per heavy atom. The average Bonchev–Trinajstić information content (AvgIpc) is 2.67. The summed E-state index contributed by atoms with van der Waals surface area (Å²) in [6.07, 6.45) is 1.90. The Kier molecular flexibility index (Phi) is 7.51. The molecule has 9 heteroatoms. The minimum atomic E-state index is -4.55. The predicted octanol–water partition coefficient (Wildman–Crippen LogP) is 4.53. The maximum atomic E-state index is 12.7. The van der Waals surface area contributed by atoms with Crippen LogP contribution in [0, 0.1) is 12.3 Å². The summed E-state index contributed by atoms with van der Waals surface area (Å²) in [6.45, 7) is 2.12. The predicted molar refractivity (Wildman–Crippen MR) is 103 cm³/mol. The first-order valence-corrected chi connectivity index (χ1v) is 8.67. The maximum absolute atomic E-state index is 12.7. The van der Waals surface area contributed by atoms with Crippen LogP contribution in [0.1, 0.15) is 28.4 Å². The molecule has 0 unspecified atom stereocenters. The second-order valence-electron chi connectivity index (χ2n) is 5.53. The number of hydrazone groups is 1. The van der Waals surface area contributed by atoms with Crippen molar-refractivity contribution in [1.29, 1.82) is 0 Å². The van der Waals surface area contributed by atoms with Gasteiger partial charge in [0.2, 0.25) is 0 Å². The molecule has 0 aromatic heterocycles. The second kappa shape index (κ2) is 9.85.